The highest BCUT2D eigenvalue weighted by molar-refractivity contribution is 5.90. The molecule has 0 aliphatic carbocycles. The van der Waals surface area contributed by atoms with Crippen LogP contribution in [0.4, 0.5) is 11.4 Å². The number of azo groups is 1. The first-order chi connectivity index (χ1) is 9.75. The van der Waals surface area contributed by atoms with E-state index < -0.39 is 0 Å². The lowest BCUT2D eigenvalue weighted by molar-refractivity contribution is 0.442. The van der Waals surface area contributed by atoms with E-state index in [4.69, 9.17) is 0 Å². The van der Waals surface area contributed by atoms with E-state index in [-0.39, 0.29) is 17.3 Å². The third-order valence-corrected chi connectivity index (χ3v) is 2.84. The number of nitrogens with zero attached hydrogens (tertiary/aromatic N) is 3. The van der Waals surface area contributed by atoms with Gasteiger partial charge in [-0.25, -0.2) is 4.98 Å². The Kier molecular flexibility index (Phi) is 3.01. The van der Waals surface area contributed by atoms with Crippen molar-refractivity contribution in [2.24, 2.45) is 10.2 Å². The molecule has 20 heavy (non-hydrogen) atoms. The number of rotatable bonds is 2. The monoisotopic (exact) mass is 265 g/mol. The molecule has 5 heteroatoms. The Hall–Kier alpha value is -2.95. The lowest BCUT2D eigenvalue weighted by Crippen LogP contribution is -1.81. The van der Waals surface area contributed by atoms with E-state index in [2.05, 4.69) is 15.2 Å². The molecule has 2 N–H and O–H groups in total. The van der Waals surface area contributed by atoms with Gasteiger partial charge in [-0.2, -0.15) is 5.11 Å². The van der Waals surface area contributed by atoms with E-state index in [9.17, 15) is 10.2 Å². The molecule has 0 saturated heterocycles. The van der Waals surface area contributed by atoms with Gasteiger partial charge in [-0.1, -0.05) is 30.3 Å². The van der Waals surface area contributed by atoms with Crippen LogP contribution in [0.5, 0.6) is 11.6 Å². The Morgan fingerprint density at radius 1 is 0.800 bits per heavy atom. The van der Waals surface area contributed by atoms with Crippen molar-refractivity contribution in [2.75, 3.05) is 0 Å². The molecule has 5 nitrogen and oxygen atoms in total. The first kappa shape index (κ1) is 12.1. The van der Waals surface area contributed by atoms with Crippen LogP contribution in [-0.4, -0.2) is 15.2 Å². The Bertz CT molecular complexity index is 786. The molecular weight excluding hydrogens is 254 g/mol. The lowest BCUT2D eigenvalue weighted by Gasteiger charge is -2.04. The van der Waals surface area contributed by atoms with E-state index in [1.54, 1.807) is 36.4 Å². The summed E-state index contributed by atoms with van der Waals surface area (Å²) in [7, 11) is 0. The molecule has 0 saturated carbocycles. The Morgan fingerprint density at radius 2 is 1.50 bits per heavy atom. The fraction of sp³-hybridized carbons (Fsp3) is 0. The van der Waals surface area contributed by atoms with Gasteiger partial charge in [-0.3, -0.25) is 0 Å². The summed E-state index contributed by atoms with van der Waals surface area (Å²) in [6, 6.07) is 16.0. The fourth-order valence-corrected chi connectivity index (χ4v) is 1.87. The molecule has 0 atom stereocenters. The second-order valence-electron chi connectivity index (χ2n) is 4.19. The van der Waals surface area contributed by atoms with E-state index in [1.165, 1.54) is 0 Å². The van der Waals surface area contributed by atoms with Crippen LogP contribution in [0, 0.1) is 0 Å². The SMILES string of the molecule is Oc1nc2ccccc2c(O)c1/N=N/c1ccccc1. The zero-order valence-electron chi connectivity index (χ0n) is 10.4. The molecule has 0 aliphatic heterocycles. The molecule has 1 heterocycles. The number of pyridine rings is 1. The first-order valence-corrected chi connectivity index (χ1v) is 6.03. The van der Waals surface area contributed by atoms with Crippen LogP contribution in [0.1, 0.15) is 0 Å². The van der Waals surface area contributed by atoms with Crippen molar-refractivity contribution < 1.29 is 10.2 Å². The Labute approximate surface area is 114 Å². The van der Waals surface area contributed by atoms with E-state index in [0.717, 1.165) is 0 Å². The van der Waals surface area contributed by atoms with Gasteiger partial charge in [-0.05, 0) is 24.3 Å². The van der Waals surface area contributed by atoms with E-state index >= 15 is 0 Å². The summed E-state index contributed by atoms with van der Waals surface area (Å²) in [5.74, 6) is -0.478. The summed E-state index contributed by atoms with van der Waals surface area (Å²) >= 11 is 0. The minimum atomic E-state index is -0.346. The Balaban J connectivity index is 2.10. The smallest absolute Gasteiger partial charge is 0.243 e. The Morgan fingerprint density at radius 3 is 2.30 bits per heavy atom. The van der Waals surface area contributed by atoms with Crippen molar-refractivity contribution in [3.8, 4) is 11.6 Å². The second-order valence-corrected chi connectivity index (χ2v) is 4.19. The largest absolute Gasteiger partial charge is 0.505 e. The molecule has 98 valence electrons. The maximum atomic E-state index is 10.2. The van der Waals surface area contributed by atoms with Crippen molar-refractivity contribution in [3.63, 3.8) is 0 Å². The summed E-state index contributed by atoms with van der Waals surface area (Å²) in [6.45, 7) is 0. The molecular formula is C15H11N3O2. The van der Waals surface area contributed by atoms with Crippen LogP contribution >= 0.6 is 0 Å². The number of hydrogen-bond donors (Lipinski definition) is 2. The number of fused-ring (bicyclic) bond motifs is 1. The molecule has 1 aromatic heterocycles. The third-order valence-electron chi connectivity index (χ3n) is 2.84. The maximum absolute atomic E-state index is 10.2. The van der Waals surface area contributed by atoms with E-state index in [0.29, 0.717) is 16.6 Å². The molecule has 0 bridgehead atoms. The van der Waals surface area contributed by atoms with Gasteiger partial charge in [0.2, 0.25) is 5.88 Å². The molecule has 3 aromatic rings. The maximum Gasteiger partial charge on any atom is 0.243 e. The van der Waals surface area contributed by atoms with Gasteiger partial charge in [0.15, 0.2) is 11.4 Å². The summed E-state index contributed by atoms with van der Waals surface area (Å²) in [5, 5.41) is 28.4. The molecule has 3 rings (SSSR count). The number of hydrogen-bond acceptors (Lipinski definition) is 5. The average molecular weight is 265 g/mol. The summed E-state index contributed by atoms with van der Waals surface area (Å²) in [4.78, 5) is 3.99. The quantitative estimate of drug-likeness (QED) is 0.686. The predicted octanol–water partition coefficient (Wildman–Crippen LogP) is 4.06. The van der Waals surface area contributed by atoms with Gasteiger partial charge >= 0.3 is 0 Å². The van der Waals surface area contributed by atoms with Crippen LogP contribution < -0.4 is 0 Å². The van der Waals surface area contributed by atoms with E-state index in [1.807, 2.05) is 18.2 Å². The van der Waals surface area contributed by atoms with Crippen LogP contribution in [-0.2, 0) is 0 Å². The minimum absolute atomic E-state index is 0.0347. The molecule has 0 aliphatic rings. The zero-order valence-corrected chi connectivity index (χ0v) is 10.4. The molecule has 0 radical (unpaired) electrons. The molecule has 0 spiro atoms. The minimum Gasteiger partial charge on any atom is -0.505 e. The summed E-state index contributed by atoms with van der Waals surface area (Å²) in [5.41, 5.74) is 1.09. The standard InChI is InChI=1S/C15H11N3O2/c19-14-11-8-4-5-9-12(11)16-15(20)13(14)18-17-10-6-2-1-3-7-10/h1-9H,(H2,16,19,20)/b18-17+. The molecule has 0 amide bonds. The number of aromatic hydroxyl groups is 2. The van der Waals surface area contributed by atoms with Crippen molar-refractivity contribution in [1.29, 1.82) is 0 Å². The van der Waals surface area contributed by atoms with Crippen molar-refractivity contribution in [2.45, 2.75) is 0 Å². The summed E-state index contributed by atoms with van der Waals surface area (Å²) < 4.78 is 0. The van der Waals surface area contributed by atoms with Gasteiger partial charge in [0.05, 0.1) is 11.2 Å². The van der Waals surface area contributed by atoms with Gasteiger partial charge in [0, 0.05) is 5.39 Å². The van der Waals surface area contributed by atoms with Crippen LogP contribution in [0.2, 0.25) is 0 Å². The highest BCUT2D eigenvalue weighted by Crippen LogP contribution is 2.40. The molecule has 2 aromatic carbocycles. The van der Waals surface area contributed by atoms with Gasteiger partial charge < -0.3 is 10.2 Å². The predicted molar refractivity (Wildman–Crippen MR) is 75.7 cm³/mol. The van der Waals surface area contributed by atoms with Crippen molar-refractivity contribution in [1.82, 2.24) is 4.98 Å². The van der Waals surface area contributed by atoms with Crippen LogP contribution in [0.25, 0.3) is 10.9 Å². The fourth-order valence-electron chi connectivity index (χ4n) is 1.87. The first-order valence-electron chi connectivity index (χ1n) is 6.03. The average Bonchev–Trinajstić information content (AvgIpc) is 2.48. The second kappa shape index (κ2) is 4.97. The zero-order chi connectivity index (χ0) is 13.9. The number of aromatic nitrogens is 1. The third kappa shape index (κ3) is 2.16. The van der Waals surface area contributed by atoms with Gasteiger partial charge in [0.1, 0.15) is 0 Å². The van der Waals surface area contributed by atoms with Gasteiger partial charge in [-0.15, -0.1) is 5.11 Å². The topological polar surface area (TPSA) is 78.1 Å². The molecule has 0 unspecified atom stereocenters. The number of benzene rings is 2. The van der Waals surface area contributed by atoms with Crippen LogP contribution in [0.3, 0.4) is 0 Å². The normalized spacial score (nSPS) is 11.2. The lowest BCUT2D eigenvalue weighted by atomic mass is 10.2. The van der Waals surface area contributed by atoms with Crippen molar-refractivity contribution >= 4 is 22.3 Å². The highest BCUT2D eigenvalue weighted by Gasteiger charge is 2.13. The molecule has 0 fully saturated rings. The van der Waals surface area contributed by atoms with Crippen molar-refractivity contribution in [3.05, 3.63) is 54.6 Å². The summed E-state index contributed by atoms with van der Waals surface area (Å²) in [6.07, 6.45) is 0. The van der Waals surface area contributed by atoms with Gasteiger partial charge in [0.25, 0.3) is 0 Å². The van der Waals surface area contributed by atoms with Crippen LogP contribution in [0.15, 0.2) is 64.8 Å². The number of para-hydroxylation sites is 1. The highest BCUT2D eigenvalue weighted by atomic mass is 16.3.